The molecule has 0 aliphatic rings. The third-order valence-corrected chi connectivity index (χ3v) is 5.16. The van der Waals surface area contributed by atoms with Gasteiger partial charge in [-0.2, -0.15) is 5.26 Å². The third kappa shape index (κ3) is 5.49. The molecule has 0 saturated carbocycles. The number of allylic oxidation sites excluding steroid dienone is 1. The number of nitrogens with zero attached hydrogens (tertiary/aromatic N) is 1. The van der Waals surface area contributed by atoms with Crippen molar-refractivity contribution >= 4 is 45.8 Å². The zero-order valence-corrected chi connectivity index (χ0v) is 18.4. The number of hydrogen-bond donors (Lipinski definition) is 0. The van der Waals surface area contributed by atoms with Crippen molar-refractivity contribution in [2.24, 2.45) is 0 Å². The average Bonchev–Trinajstić information content (AvgIpc) is 2.71. The fraction of sp³-hybridized carbons (Fsp3) is 0.0870. The summed E-state index contributed by atoms with van der Waals surface area (Å²) in [4.78, 5) is 0. The van der Waals surface area contributed by atoms with Crippen molar-refractivity contribution in [3.8, 4) is 17.6 Å². The van der Waals surface area contributed by atoms with E-state index in [2.05, 4.69) is 28.7 Å². The van der Waals surface area contributed by atoms with Crippen LogP contribution in [0.5, 0.6) is 11.5 Å². The molecule has 0 saturated heterocycles. The monoisotopic (exact) mass is 519 g/mol. The van der Waals surface area contributed by atoms with Crippen LogP contribution < -0.4 is 9.47 Å². The lowest BCUT2D eigenvalue weighted by Gasteiger charge is -2.14. The second-order valence-corrected chi connectivity index (χ2v) is 7.73. The lowest BCUT2D eigenvalue weighted by molar-refractivity contribution is 0.282. The highest BCUT2D eigenvalue weighted by Gasteiger charge is 2.12. The predicted molar refractivity (Wildman–Crippen MR) is 121 cm³/mol. The van der Waals surface area contributed by atoms with E-state index in [4.69, 9.17) is 21.1 Å². The smallest absolute Gasteiger partial charge is 0.174 e. The molecule has 3 nitrogen and oxygen atoms in total. The molecule has 0 bridgehead atoms. The van der Waals surface area contributed by atoms with Crippen LogP contribution >= 0.6 is 34.2 Å². The number of rotatable bonds is 6. The molecular formula is C23H16ClFINO2. The summed E-state index contributed by atoms with van der Waals surface area (Å²) in [6.45, 7) is 0.216. The topological polar surface area (TPSA) is 42.2 Å². The van der Waals surface area contributed by atoms with Gasteiger partial charge in [-0.25, -0.2) is 4.39 Å². The van der Waals surface area contributed by atoms with E-state index in [0.717, 1.165) is 20.3 Å². The number of halogens is 3. The summed E-state index contributed by atoms with van der Waals surface area (Å²) in [6.07, 6.45) is 1.78. The van der Waals surface area contributed by atoms with Crippen molar-refractivity contribution in [1.29, 1.82) is 5.26 Å². The van der Waals surface area contributed by atoms with E-state index in [-0.39, 0.29) is 12.4 Å². The maximum atomic E-state index is 13.4. The molecule has 146 valence electrons. The summed E-state index contributed by atoms with van der Waals surface area (Å²) in [6, 6.07) is 19.3. The van der Waals surface area contributed by atoms with Crippen molar-refractivity contribution in [2.75, 3.05) is 7.11 Å². The van der Waals surface area contributed by atoms with E-state index in [1.165, 1.54) is 12.1 Å². The van der Waals surface area contributed by atoms with Crippen LogP contribution in [-0.4, -0.2) is 7.11 Å². The van der Waals surface area contributed by atoms with Gasteiger partial charge in [0.25, 0.3) is 0 Å². The Balaban J connectivity index is 1.89. The van der Waals surface area contributed by atoms with Crippen LogP contribution in [0.1, 0.15) is 16.7 Å². The average molecular weight is 520 g/mol. The zero-order valence-electron chi connectivity index (χ0n) is 15.5. The first kappa shape index (κ1) is 21.2. The summed E-state index contributed by atoms with van der Waals surface area (Å²) in [5.41, 5.74) is 2.81. The van der Waals surface area contributed by atoms with Gasteiger partial charge in [-0.3, -0.25) is 0 Å². The minimum atomic E-state index is -0.306. The minimum Gasteiger partial charge on any atom is -0.493 e. The van der Waals surface area contributed by atoms with Gasteiger partial charge in [0.2, 0.25) is 0 Å². The Hall–Kier alpha value is -2.56. The highest BCUT2D eigenvalue weighted by atomic mass is 127. The second-order valence-electron chi connectivity index (χ2n) is 6.13. The fourth-order valence-electron chi connectivity index (χ4n) is 2.72. The Kier molecular flexibility index (Phi) is 7.13. The summed E-state index contributed by atoms with van der Waals surface area (Å²) in [5.74, 6) is 0.798. The summed E-state index contributed by atoms with van der Waals surface area (Å²) < 4.78 is 25.6. The second kappa shape index (κ2) is 9.77. The first-order chi connectivity index (χ1) is 14.0. The first-order valence-electron chi connectivity index (χ1n) is 8.62. The minimum absolute atomic E-state index is 0.216. The SMILES string of the molecule is COc1cc(/C=C(\C#N)c2ccc(Cl)cc2)cc(I)c1OCc1cccc(F)c1. The molecular weight excluding hydrogens is 504 g/mol. The van der Waals surface area contributed by atoms with E-state index in [9.17, 15) is 9.65 Å². The van der Waals surface area contributed by atoms with Crippen LogP contribution in [0.25, 0.3) is 11.6 Å². The molecule has 3 aromatic carbocycles. The molecule has 0 amide bonds. The van der Waals surface area contributed by atoms with Crippen molar-refractivity contribution in [1.82, 2.24) is 0 Å². The number of methoxy groups -OCH3 is 1. The molecule has 0 N–H and O–H groups in total. The van der Waals surface area contributed by atoms with Crippen LogP contribution in [-0.2, 0) is 6.61 Å². The number of ether oxygens (including phenoxy) is 2. The maximum Gasteiger partial charge on any atom is 0.174 e. The van der Waals surface area contributed by atoms with E-state index >= 15 is 0 Å². The van der Waals surface area contributed by atoms with E-state index in [1.54, 1.807) is 55.7 Å². The molecule has 0 aliphatic carbocycles. The van der Waals surface area contributed by atoms with Crippen LogP contribution in [0.15, 0.2) is 60.7 Å². The maximum absolute atomic E-state index is 13.4. The Bertz CT molecular complexity index is 1090. The Labute approximate surface area is 187 Å². The van der Waals surface area contributed by atoms with Crippen molar-refractivity contribution in [3.63, 3.8) is 0 Å². The summed E-state index contributed by atoms with van der Waals surface area (Å²) in [7, 11) is 1.55. The number of benzene rings is 3. The predicted octanol–water partition coefficient (Wildman–Crippen LogP) is 6.74. The Morgan fingerprint density at radius 3 is 2.59 bits per heavy atom. The van der Waals surface area contributed by atoms with Gasteiger partial charge < -0.3 is 9.47 Å². The highest BCUT2D eigenvalue weighted by molar-refractivity contribution is 14.1. The molecule has 0 aromatic heterocycles. The van der Waals surface area contributed by atoms with Crippen molar-refractivity contribution in [3.05, 3.63) is 91.8 Å². The van der Waals surface area contributed by atoms with Gasteiger partial charge >= 0.3 is 0 Å². The summed E-state index contributed by atoms with van der Waals surface area (Å²) >= 11 is 8.08. The Morgan fingerprint density at radius 1 is 1.17 bits per heavy atom. The molecule has 0 spiro atoms. The van der Waals surface area contributed by atoms with Crippen LogP contribution in [0.2, 0.25) is 5.02 Å². The van der Waals surface area contributed by atoms with Gasteiger partial charge in [0.1, 0.15) is 12.4 Å². The van der Waals surface area contributed by atoms with Crippen molar-refractivity contribution < 1.29 is 13.9 Å². The van der Waals surface area contributed by atoms with Gasteiger partial charge in [-0.05, 0) is 81.8 Å². The largest absolute Gasteiger partial charge is 0.493 e. The molecule has 3 rings (SSSR count). The third-order valence-electron chi connectivity index (χ3n) is 4.11. The van der Waals surface area contributed by atoms with Gasteiger partial charge in [0, 0.05) is 5.02 Å². The molecule has 29 heavy (non-hydrogen) atoms. The highest BCUT2D eigenvalue weighted by Crippen LogP contribution is 2.35. The fourth-order valence-corrected chi connectivity index (χ4v) is 3.63. The standard InChI is InChI=1S/C23H16ClFINO2/c1-28-22-12-16(9-18(13-27)17-5-7-19(24)8-6-17)11-21(26)23(22)29-14-15-3-2-4-20(25)10-15/h2-12H,14H2,1H3/b18-9+. The zero-order chi connectivity index (χ0) is 20.8. The van der Waals surface area contributed by atoms with Gasteiger partial charge in [-0.1, -0.05) is 35.9 Å². The van der Waals surface area contributed by atoms with E-state index < -0.39 is 0 Å². The lowest BCUT2D eigenvalue weighted by Crippen LogP contribution is -2.00. The molecule has 0 fully saturated rings. The van der Waals surface area contributed by atoms with Gasteiger partial charge in [0.15, 0.2) is 11.5 Å². The lowest BCUT2D eigenvalue weighted by atomic mass is 10.0. The first-order valence-corrected chi connectivity index (χ1v) is 10.1. The molecule has 3 aromatic rings. The van der Waals surface area contributed by atoms with E-state index in [1.807, 2.05) is 6.07 Å². The molecule has 0 unspecified atom stereocenters. The Morgan fingerprint density at radius 2 is 1.93 bits per heavy atom. The molecule has 0 aliphatic heterocycles. The van der Waals surface area contributed by atoms with Crippen LogP contribution in [0.4, 0.5) is 4.39 Å². The van der Waals surface area contributed by atoms with Crippen LogP contribution in [0.3, 0.4) is 0 Å². The number of hydrogen-bond acceptors (Lipinski definition) is 3. The van der Waals surface area contributed by atoms with Crippen molar-refractivity contribution in [2.45, 2.75) is 6.61 Å². The molecule has 0 heterocycles. The van der Waals surface area contributed by atoms with E-state index in [0.29, 0.717) is 22.1 Å². The van der Waals surface area contributed by atoms with Crippen LogP contribution in [0, 0.1) is 20.7 Å². The molecule has 0 atom stereocenters. The number of nitriles is 1. The summed E-state index contributed by atoms with van der Waals surface area (Å²) in [5, 5.41) is 10.2. The van der Waals surface area contributed by atoms with Gasteiger partial charge in [0.05, 0.1) is 22.3 Å². The quantitative estimate of drug-likeness (QED) is 0.206. The molecule has 0 radical (unpaired) electrons. The van der Waals surface area contributed by atoms with Gasteiger partial charge in [-0.15, -0.1) is 0 Å². The molecule has 6 heteroatoms. The normalized spacial score (nSPS) is 11.1.